The van der Waals surface area contributed by atoms with Crippen molar-refractivity contribution in [2.24, 2.45) is 0 Å². The van der Waals surface area contributed by atoms with Crippen LogP contribution in [0.15, 0.2) is 70.9 Å². The van der Waals surface area contributed by atoms with Crippen LogP contribution < -0.4 is 19.5 Å². The summed E-state index contributed by atoms with van der Waals surface area (Å²) in [6.45, 7) is 0.686. The standard InChI is InChI=1S/C26H23ClN2O7/c1-33-23-15-17(9-10-22(23)36-13-5-12-35-21-8-3-2-7-20(21)27)14-19-24(30)28-26(32)29(25(19)31)16-18-6-4-11-34-18/h2-4,6-11,14-15H,5,12-13,16H2,1H3,(H,28,30,32)/b19-14+. The molecule has 1 aliphatic heterocycles. The van der Waals surface area contributed by atoms with E-state index in [4.69, 9.17) is 30.2 Å². The van der Waals surface area contributed by atoms with Crippen LogP contribution in [0.4, 0.5) is 4.79 Å². The molecule has 0 unspecified atom stereocenters. The zero-order valence-corrected chi connectivity index (χ0v) is 20.1. The SMILES string of the molecule is COc1cc(/C=C2\C(=O)NC(=O)N(Cc3ccco3)C2=O)ccc1OCCCOc1ccccc1Cl. The Labute approximate surface area is 212 Å². The highest BCUT2D eigenvalue weighted by molar-refractivity contribution is 6.32. The van der Waals surface area contributed by atoms with E-state index < -0.39 is 17.8 Å². The topological polar surface area (TPSA) is 107 Å². The van der Waals surface area contributed by atoms with Gasteiger partial charge in [0.15, 0.2) is 11.5 Å². The van der Waals surface area contributed by atoms with Gasteiger partial charge in [-0.25, -0.2) is 4.79 Å². The number of urea groups is 1. The second-order valence-corrected chi connectivity index (χ2v) is 8.09. The number of hydrogen-bond donors (Lipinski definition) is 1. The minimum atomic E-state index is -0.807. The number of furan rings is 1. The Hall–Kier alpha value is -4.24. The number of carbonyl (C=O) groups excluding carboxylic acids is 3. The van der Waals surface area contributed by atoms with Crippen molar-refractivity contribution in [2.45, 2.75) is 13.0 Å². The molecule has 1 saturated heterocycles. The molecule has 2 aromatic carbocycles. The molecule has 1 N–H and O–H groups in total. The van der Waals surface area contributed by atoms with E-state index >= 15 is 0 Å². The first-order valence-electron chi connectivity index (χ1n) is 11.1. The maximum Gasteiger partial charge on any atom is 0.331 e. The molecule has 1 aromatic heterocycles. The van der Waals surface area contributed by atoms with Gasteiger partial charge in [0.2, 0.25) is 0 Å². The monoisotopic (exact) mass is 510 g/mol. The highest BCUT2D eigenvalue weighted by Crippen LogP contribution is 2.30. The number of ether oxygens (including phenoxy) is 3. The van der Waals surface area contributed by atoms with Gasteiger partial charge < -0.3 is 18.6 Å². The molecule has 0 radical (unpaired) electrons. The van der Waals surface area contributed by atoms with Crippen LogP contribution in [0, 0.1) is 0 Å². The molecule has 3 aromatic rings. The van der Waals surface area contributed by atoms with Crippen molar-refractivity contribution >= 4 is 35.5 Å². The molecular weight excluding hydrogens is 488 g/mol. The first-order chi connectivity index (χ1) is 17.5. The number of nitrogens with zero attached hydrogens (tertiary/aromatic N) is 1. The number of nitrogens with one attached hydrogen (secondary N) is 1. The summed E-state index contributed by atoms with van der Waals surface area (Å²) < 4.78 is 22.1. The molecule has 186 valence electrons. The zero-order valence-electron chi connectivity index (χ0n) is 19.4. The van der Waals surface area contributed by atoms with Crippen LogP contribution in [0.1, 0.15) is 17.7 Å². The Kier molecular flexibility index (Phi) is 7.92. The van der Waals surface area contributed by atoms with Gasteiger partial charge in [-0.2, -0.15) is 0 Å². The third-order valence-corrected chi connectivity index (χ3v) is 5.53. The average Bonchev–Trinajstić information content (AvgIpc) is 3.39. The Bertz CT molecular complexity index is 1290. The molecule has 36 heavy (non-hydrogen) atoms. The predicted octanol–water partition coefficient (Wildman–Crippen LogP) is 4.45. The Morgan fingerprint density at radius 3 is 2.47 bits per heavy atom. The number of rotatable bonds is 10. The van der Waals surface area contributed by atoms with Crippen LogP contribution in [0.5, 0.6) is 17.2 Å². The molecule has 9 nitrogen and oxygen atoms in total. The van der Waals surface area contributed by atoms with Crippen LogP contribution in [0.2, 0.25) is 5.02 Å². The van der Waals surface area contributed by atoms with E-state index in [1.54, 1.807) is 42.5 Å². The number of carbonyl (C=O) groups is 3. The van der Waals surface area contributed by atoms with Gasteiger partial charge in [0.25, 0.3) is 11.8 Å². The smallest absolute Gasteiger partial charge is 0.331 e. The number of halogens is 1. The van der Waals surface area contributed by atoms with Gasteiger partial charge in [0.05, 0.1) is 38.2 Å². The molecule has 10 heteroatoms. The van der Waals surface area contributed by atoms with Crippen LogP contribution >= 0.6 is 11.6 Å². The quantitative estimate of drug-likeness (QED) is 0.244. The summed E-state index contributed by atoms with van der Waals surface area (Å²) in [6, 6.07) is 14.7. The Morgan fingerprint density at radius 2 is 1.75 bits per heavy atom. The number of imide groups is 2. The number of hydrogen-bond acceptors (Lipinski definition) is 7. The molecule has 0 atom stereocenters. The van der Waals surface area contributed by atoms with Crippen molar-refractivity contribution in [1.82, 2.24) is 10.2 Å². The normalized spacial score (nSPS) is 14.7. The molecule has 4 amide bonds. The van der Waals surface area contributed by atoms with Crippen molar-refractivity contribution in [3.63, 3.8) is 0 Å². The summed E-state index contributed by atoms with van der Waals surface area (Å²) in [6.07, 6.45) is 3.43. The molecule has 0 saturated carbocycles. The second-order valence-electron chi connectivity index (χ2n) is 7.68. The summed E-state index contributed by atoms with van der Waals surface area (Å²) in [5.41, 5.74) is 0.334. The second kappa shape index (κ2) is 11.5. The highest BCUT2D eigenvalue weighted by atomic mass is 35.5. The zero-order chi connectivity index (χ0) is 25.5. The van der Waals surface area contributed by atoms with E-state index in [1.165, 1.54) is 19.4 Å². The van der Waals surface area contributed by atoms with Gasteiger partial charge in [-0.05, 0) is 48.0 Å². The first-order valence-corrected chi connectivity index (χ1v) is 11.4. The van der Waals surface area contributed by atoms with E-state index in [0.717, 1.165) is 4.90 Å². The Balaban J connectivity index is 1.40. The van der Waals surface area contributed by atoms with Crippen LogP contribution in [0.25, 0.3) is 6.08 Å². The summed E-state index contributed by atoms with van der Waals surface area (Å²) in [4.78, 5) is 38.3. The summed E-state index contributed by atoms with van der Waals surface area (Å²) in [5, 5.41) is 2.72. The lowest BCUT2D eigenvalue weighted by molar-refractivity contribution is -0.130. The van der Waals surface area contributed by atoms with Gasteiger partial charge in [0.1, 0.15) is 17.1 Å². The average molecular weight is 511 g/mol. The van der Waals surface area contributed by atoms with Crippen LogP contribution in [-0.4, -0.2) is 43.1 Å². The van der Waals surface area contributed by atoms with Crippen molar-refractivity contribution in [3.8, 4) is 17.2 Å². The van der Waals surface area contributed by atoms with Gasteiger partial charge in [0, 0.05) is 6.42 Å². The third-order valence-electron chi connectivity index (χ3n) is 5.22. The number of benzene rings is 2. The first kappa shape index (κ1) is 24.9. The molecule has 0 spiro atoms. The fourth-order valence-corrected chi connectivity index (χ4v) is 3.63. The van der Waals surface area contributed by atoms with Crippen LogP contribution in [0.3, 0.4) is 0 Å². The Morgan fingerprint density at radius 1 is 0.972 bits per heavy atom. The van der Waals surface area contributed by atoms with E-state index in [2.05, 4.69) is 5.32 Å². The van der Waals surface area contributed by atoms with Gasteiger partial charge in [-0.1, -0.05) is 29.8 Å². The molecular formula is C26H23ClN2O7. The summed E-state index contributed by atoms with van der Waals surface area (Å²) in [5.74, 6) is 0.430. The lowest BCUT2D eigenvalue weighted by Gasteiger charge is -2.25. The van der Waals surface area contributed by atoms with Crippen molar-refractivity contribution < 1.29 is 33.0 Å². The van der Waals surface area contributed by atoms with Crippen molar-refractivity contribution in [2.75, 3.05) is 20.3 Å². The number of amides is 4. The van der Waals surface area contributed by atoms with Crippen molar-refractivity contribution in [3.05, 3.63) is 82.8 Å². The van der Waals surface area contributed by atoms with E-state index in [1.807, 2.05) is 12.1 Å². The molecule has 0 bridgehead atoms. The third kappa shape index (κ3) is 5.87. The maximum absolute atomic E-state index is 12.9. The fraction of sp³-hybridized carbons (Fsp3) is 0.192. The predicted molar refractivity (Wildman–Crippen MR) is 131 cm³/mol. The highest BCUT2D eigenvalue weighted by Gasteiger charge is 2.36. The van der Waals surface area contributed by atoms with Gasteiger partial charge >= 0.3 is 6.03 Å². The van der Waals surface area contributed by atoms with E-state index in [-0.39, 0.29) is 12.1 Å². The maximum atomic E-state index is 12.9. The largest absolute Gasteiger partial charge is 0.493 e. The number of methoxy groups -OCH3 is 1. The number of para-hydroxylation sites is 1. The lowest BCUT2D eigenvalue weighted by atomic mass is 10.1. The minimum Gasteiger partial charge on any atom is -0.493 e. The van der Waals surface area contributed by atoms with Gasteiger partial charge in [-0.3, -0.25) is 19.8 Å². The lowest BCUT2D eigenvalue weighted by Crippen LogP contribution is -2.53. The van der Waals surface area contributed by atoms with Crippen LogP contribution in [-0.2, 0) is 16.1 Å². The number of barbiturate groups is 1. The van der Waals surface area contributed by atoms with E-state index in [9.17, 15) is 14.4 Å². The van der Waals surface area contributed by atoms with E-state index in [0.29, 0.717) is 53.2 Å². The molecule has 0 aliphatic carbocycles. The molecule has 4 rings (SSSR count). The summed E-state index contributed by atoms with van der Waals surface area (Å²) >= 11 is 6.07. The summed E-state index contributed by atoms with van der Waals surface area (Å²) in [7, 11) is 1.49. The fourth-order valence-electron chi connectivity index (χ4n) is 3.44. The van der Waals surface area contributed by atoms with Crippen molar-refractivity contribution in [1.29, 1.82) is 0 Å². The van der Waals surface area contributed by atoms with Gasteiger partial charge in [-0.15, -0.1) is 0 Å². The minimum absolute atomic E-state index is 0.0986. The molecule has 1 fully saturated rings. The molecule has 2 heterocycles. The molecule has 1 aliphatic rings.